The van der Waals surface area contributed by atoms with Gasteiger partial charge in [0.25, 0.3) is 5.91 Å². The van der Waals surface area contributed by atoms with E-state index in [4.69, 9.17) is 13.6 Å². The summed E-state index contributed by atoms with van der Waals surface area (Å²) in [5, 5.41) is 9.26. The zero-order chi connectivity index (χ0) is 18.4. The lowest BCUT2D eigenvalue weighted by atomic mass is 9.96. The number of methoxy groups -OCH3 is 1. The first-order valence-electron chi connectivity index (χ1n) is 9.42. The minimum atomic E-state index is -0.0871. The highest BCUT2D eigenvalue weighted by Gasteiger charge is 2.33. The summed E-state index contributed by atoms with van der Waals surface area (Å²) in [5.74, 6) is 3.09. The molecule has 27 heavy (non-hydrogen) atoms. The van der Waals surface area contributed by atoms with Gasteiger partial charge in [-0.1, -0.05) is 12.1 Å². The fourth-order valence-corrected chi connectivity index (χ4v) is 3.69. The fourth-order valence-electron chi connectivity index (χ4n) is 3.69. The summed E-state index contributed by atoms with van der Waals surface area (Å²) in [6.45, 7) is 1.30. The molecule has 140 valence electrons. The third-order valence-corrected chi connectivity index (χ3v) is 5.45. The first-order valence-corrected chi connectivity index (χ1v) is 9.42. The second-order valence-electron chi connectivity index (χ2n) is 7.31. The summed E-state index contributed by atoms with van der Waals surface area (Å²) in [6, 6.07) is 7.41. The predicted octanol–water partition coefficient (Wildman–Crippen LogP) is 3.72. The van der Waals surface area contributed by atoms with Gasteiger partial charge >= 0.3 is 0 Å². The molecule has 7 nitrogen and oxygen atoms in total. The lowest BCUT2D eigenvalue weighted by molar-refractivity contribution is 0.0676. The number of fused-ring (bicyclic) bond motifs is 1. The Hall–Kier alpha value is -2.83. The molecule has 1 saturated heterocycles. The van der Waals surface area contributed by atoms with Crippen molar-refractivity contribution in [1.82, 2.24) is 15.1 Å². The average Bonchev–Trinajstić information content (AvgIpc) is 3.27. The van der Waals surface area contributed by atoms with Crippen LogP contribution in [0, 0.1) is 0 Å². The zero-order valence-electron chi connectivity index (χ0n) is 15.2. The molecule has 0 unspecified atom stereocenters. The molecule has 1 saturated carbocycles. The highest BCUT2D eigenvalue weighted by molar-refractivity contribution is 5.97. The lowest BCUT2D eigenvalue weighted by Crippen LogP contribution is -2.37. The second kappa shape index (κ2) is 6.40. The molecule has 1 aliphatic heterocycles. The van der Waals surface area contributed by atoms with Gasteiger partial charge in [0.05, 0.1) is 7.11 Å². The summed E-state index contributed by atoms with van der Waals surface area (Å²) in [4.78, 5) is 14.7. The Balaban J connectivity index is 1.28. The van der Waals surface area contributed by atoms with Crippen molar-refractivity contribution in [2.75, 3.05) is 20.2 Å². The molecule has 1 amide bonds. The number of piperidine rings is 1. The van der Waals surface area contributed by atoms with Gasteiger partial charge in [-0.2, -0.15) is 0 Å². The fraction of sp³-hybridized carbons (Fsp3) is 0.450. The number of furan rings is 1. The molecular weight excluding hydrogens is 346 g/mol. The number of carbonyl (C=O) groups excluding carboxylic acids is 1. The molecule has 2 aromatic heterocycles. The van der Waals surface area contributed by atoms with E-state index in [2.05, 4.69) is 10.2 Å². The van der Waals surface area contributed by atoms with E-state index in [1.807, 2.05) is 23.1 Å². The van der Waals surface area contributed by atoms with E-state index >= 15 is 0 Å². The van der Waals surface area contributed by atoms with Gasteiger partial charge in [0, 0.05) is 30.3 Å². The number of amides is 1. The minimum absolute atomic E-state index is 0.0871. The van der Waals surface area contributed by atoms with Crippen molar-refractivity contribution in [3.05, 3.63) is 41.8 Å². The maximum Gasteiger partial charge on any atom is 0.289 e. The van der Waals surface area contributed by atoms with E-state index in [-0.39, 0.29) is 11.8 Å². The Kier molecular flexibility index (Phi) is 3.88. The number of hydrogen-bond donors (Lipinski definition) is 0. The minimum Gasteiger partial charge on any atom is -0.493 e. The normalized spacial score (nSPS) is 18.2. The van der Waals surface area contributed by atoms with Crippen LogP contribution in [0.15, 0.2) is 33.1 Å². The van der Waals surface area contributed by atoms with Crippen molar-refractivity contribution in [2.45, 2.75) is 37.5 Å². The number of nitrogens with zero attached hydrogens (tertiary/aromatic N) is 3. The largest absolute Gasteiger partial charge is 0.493 e. The van der Waals surface area contributed by atoms with Crippen molar-refractivity contribution in [1.29, 1.82) is 0 Å². The maximum absolute atomic E-state index is 12.9. The van der Waals surface area contributed by atoms with Crippen LogP contribution in [0.25, 0.3) is 11.0 Å². The highest BCUT2D eigenvalue weighted by Crippen LogP contribution is 2.40. The van der Waals surface area contributed by atoms with E-state index in [1.54, 1.807) is 13.2 Å². The second-order valence-corrected chi connectivity index (χ2v) is 7.31. The Labute approximate surface area is 156 Å². The van der Waals surface area contributed by atoms with Crippen molar-refractivity contribution in [3.63, 3.8) is 0 Å². The third-order valence-electron chi connectivity index (χ3n) is 5.45. The molecule has 3 heterocycles. The molecule has 2 aliphatic rings. The third kappa shape index (κ3) is 2.97. The van der Waals surface area contributed by atoms with Crippen molar-refractivity contribution < 1.29 is 18.4 Å². The monoisotopic (exact) mass is 367 g/mol. The number of para-hydroxylation sites is 1. The van der Waals surface area contributed by atoms with Gasteiger partial charge in [-0.25, -0.2) is 0 Å². The number of rotatable bonds is 4. The number of benzene rings is 1. The van der Waals surface area contributed by atoms with Crippen LogP contribution in [0.1, 0.15) is 59.9 Å². The van der Waals surface area contributed by atoms with Gasteiger partial charge in [-0.15, -0.1) is 10.2 Å². The first kappa shape index (κ1) is 16.4. The van der Waals surface area contributed by atoms with Gasteiger partial charge in [0.2, 0.25) is 11.8 Å². The van der Waals surface area contributed by atoms with Gasteiger partial charge in [-0.3, -0.25) is 4.79 Å². The molecular formula is C20H21N3O4. The molecule has 0 bridgehead atoms. The van der Waals surface area contributed by atoms with Crippen molar-refractivity contribution >= 4 is 16.9 Å². The Morgan fingerprint density at radius 2 is 1.78 bits per heavy atom. The van der Waals surface area contributed by atoms with E-state index in [0.29, 0.717) is 36.1 Å². The van der Waals surface area contributed by atoms with Gasteiger partial charge in [-0.05, 0) is 37.8 Å². The average molecular weight is 367 g/mol. The number of likely N-dealkylation sites (tertiary alicyclic amines) is 1. The molecule has 2 fully saturated rings. The molecule has 0 spiro atoms. The highest BCUT2D eigenvalue weighted by atomic mass is 16.5. The van der Waals surface area contributed by atoms with Crippen molar-refractivity contribution in [2.24, 2.45) is 0 Å². The van der Waals surface area contributed by atoms with Crippen LogP contribution in [-0.2, 0) is 0 Å². The molecule has 5 rings (SSSR count). The van der Waals surface area contributed by atoms with Crippen LogP contribution in [0.4, 0.5) is 0 Å². The smallest absolute Gasteiger partial charge is 0.289 e. The van der Waals surface area contributed by atoms with Crippen molar-refractivity contribution in [3.8, 4) is 5.75 Å². The molecule has 3 aromatic rings. The number of ether oxygens (including phenoxy) is 1. The summed E-state index contributed by atoms with van der Waals surface area (Å²) in [5.41, 5.74) is 0.608. The zero-order valence-corrected chi connectivity index (χ0v) is 15.2. The Morgan fingerprint density at radius 1 is 1.07 bits per heavy atom. The first-order chi connectivity index (χ1) is 13.2. The topological polar surface area (TPSA) is 81.6 Å². The molecule has 0 radical (unpaired) electrons. The molecule has 0 atom stereocenters. The summed E-state index contributed by atoms with van der Waals surface area (Å²) in [6.07, 6.45) is 3.94. The standard InChI is InChI=1S/C20H21N3O4/c1-25-15-4-2-3-14-11-16(26-17(14)15)20(24)23-9-7-13(8-10-23)19-22-21-18(27-19)12-5-6-12/h2-4,11-13H,5-10H2,1H3. The maximum atomic E-state index is 12.9. The SMILES string of the molecule is COc1cccc2cc(C(=O)N3CCC(c4nnc(C5CC5)o4)CC3)oc12. The van der Waals surface area contributed by atoms with Crippen LogP contribution < -0.4 is 4.74 Å². The van der Waals surface area contributed by atoms with E-state index in [1.165, 1.54) is 0 Å². The van der Waals surface area contributed by atoms with Crippen LogP contribution in [0.5, 0.6) is 5.75 Å². The molecule has 0 N–H and O–H groups in total. The van der Waals surface area contributed by atoms with Gasteiger partial charge in [0.1, 0.15) is 0 Å². The van der Waals surface area contributed by atoms with Crippen LogP contribution in [0.3, 0.4) is 0 Å². The summed E-state index contributed by atoms with van der Waals surface area (Å²) >= 11 is 0. The van der Waals surface area contributed by atoms with E-state index < -0.39 is 0 Å². The molecule has 1 aliphatic carbocycles. The van der Waals surface area contributed by atoms with Gasteiger partial charge < -0.3 is 18.5 Å². The predicted molar refractivity (Wildman–Crippen MR) is 96.9 cm³/mol. The number of aromatic nitrogens is 2. The van der Waals surface area contributed by atoms with Crippen LogP contribution in [-0.4, -0.2) is 41.2 Å². The number of carbonyl (C=O) groups is 1. The molecule has 7 heteroatoms. The lowest BCUT2D eigenvalue weighted by Gasteiger charge is -2.29. The van der Waals surface area contributed by atoms with Crippen LogP contribution >= 0.6 is 0 Å². The quantitative estimate of drug-likeness (QED) is 0.699. The Bertz CT molecular complexity index is 980. The van der Waals surface area contributed by atoms with E-state index in [0.717, 1.165) is 42.9 Å². The summed E-state index contributed by atoms with van der Waals surface area (Å²) in [7, 11) is 1.59. The van der Waals surface area contributed by atoms with Crippen LogP contribution in [0.2, 0.25) is 0 Å². The number of hydrogen-bond acceptors (Lipinski definition) is 6. The van der Waals surface area contributed by atoms with E-state index in [9.17, 15) is 4.79 Å². The molecule has 1 aromatic carbocycles. The summed E-state index contributed by atoms with van der Waals surface area (Å²) < 4.78 is 16.9. The Morgan fingerprint density at radius 3 is 2.44 bits per heavy atom. The van der Waals surface area contributed by atoms with Gasteiger partial charge in [0.15, 0.2) is 17.1 Å².